The van der Waals surface area contributed by atoms with E-state index in [1.165, 1.54) is 64.2 Å². The molecule has 0 atom stereocenters. The number of hydrogen-bond donors (Lipinski definition) is 1. The third kappa shape index (κ3) is 4.99. The first-order valence-corrected chi connectivity index (χ1v) is 8.01. The molecule has 0 unspecified atom stereocenters. The number of unbranched alkanes of at least 4 members (excludes halogenated alkanes) is 6. The van der Waals surface area contributed by atoms with E-state index in [4.69, 9.17) is 5.73 Å². The van der Waals surface area contributed by atoms with E-state index in [0.29, 0.717) is 0 Å². The van der Waals surface area contributed by atoms with Crippen LogP contribution in [0.1, 0.15) is 90.4 Å². The normalized spacial score (nSPS) is 18.7. The van der Waals surface area contributed by atoms with Gasteiger partial charge in [-0.15, -0.1) is 0 Å². The third-order valence-electron chi connectivity index (χ3n) is 4.59. The van der Waals surface area contributed by atoms with Crippen molar-refractivity contribution in [2.45, 2.75) is 90.4 Å². The molecule has 1 aliphatic rings. The molecule has 0 heterocycles. The number of primary amides is 1. The number of carbonyl (C=O) groups excluding carboxylic acids is 1. The van der Waals surface area contributed by atoms with Crippen LogP contribution < -0.4 is 5.73 Å². The van der Waals surface area contributed by atoms with Gasteiger partial charge < -0.3 is 5.73 Å². The van der Waals surface area contributed by atoms with Gasteiger partial charge in [0.2, 0.25) is 5.91 Å². The molecule has 0 spiro atoms. The average molecular weight is 253 g/mol. The topological polar surface area (TPSA) is 43.1 Å². The molecular weight excluding hydrogens is 222 g/mol. The molecule has 0 aromatic carbocycles. The molecule has 18 heavy (non-hydrogen) atoms. The predicted octanol–water partition coefficient (Wildman–Crippen LogP) is 4.56. The molecule has 1 amide bonds. The van der Waals surface area contributed by atoms with Gasteiger partial charge in [0.25, 0.3) is 0 Å². The minimum Gasteiger partial charge on any atom is -0.369 e. The van der Waals surface area contributed by atoms with Gasteiger partial charge in [0.05, 0.1) is 0 Å². The maximum atomic E-state index is 11.7. The highest BCUT2D eigenvalue weighted by Crippen LogP contribution is 2.40. The fraction of sp³-hybridized carbons (Fsp3) is 0.938. The molecular formula is C16H31NO. The van der Waals surface area contributed by atoms with Gasteiger partial charge in [0.15, 0.2) is 0 Å². The fourth-order valence-electron chi connectivity index (χ4n) is 3.27. The van der Waals surface area contributed by atoms with Crippen LogP contribution in [0.4, 0.5) is 0 Å². The minimum atomic E-state index is -0.137. The lowest BCUT2D eigenvalue weighted by atomic mass is 9.70. The Kier molecular flexibility index (Phi) is 7.38. The highest BCUT2D eigenvalue weighted by molar-refractivity contribution is 5.80. The summed E-state index contributed by atoms with van der Waals surface area (Å²) >= 11 is 0. The zero-order valence-electron chi connectivity index (χ0n) is 12.2. The number of nitrogens with two attached hydrogens (primary N) is 1. The summed E-state index contributed by atoms with van der Waals surface area (Å²) in [5.74, 6) is -0.0341. The fourth-order valence-corrected chi connectivity index (χ4v) is 3.27. The van der Waals surface area contributed by atoms with E-state index < -0.39 is 0 Å². The Balaban J connectivity index is 2.16. The maximum Gasteiger partial charge on any atom is 0.223 e. The second-order valence-corrected chi connectivity index (χ2v) is 6.08. The Morgan fingerprint density at radius 3 is 2.06 bits per heavy atom. The second-order valence-electron chi connectivity index (χ2n) is 6.08. The van der Waals surface area contributed by atoms with Crippen molar-refractivity contribution in [1.82, 2.24) is 0 Å². The largest absolute Gasteiger partial charge is 0.369 e. The highest BCUT2D eigenvalue weighted by Gasteiger charge is 2.36. The van der Waals surface area contributed by atoms with Crippen LogP contribution in [-0.2, 0) is 4.79 Å². The quantitative estimate of drug-likeness (QED) is 0.601. The zero-order valence-corrected chi connectivity index (χ0v) is 12.2. The van der Waals surface area contributed by atoms with Gasteiger partial charge in [-0.3, -0.25) is 4.79 Å². The molecule has 0 saturated heterocycles. The lowest BCUT2D eigenvalue weighted by Gasteiger charge is -2.34. The first-order chi connectivity index (χ1) is 8.71. The third-order valence-corrected chi connectivity index (χ3v) is 4.59. The van der Waals surface area contributed by atoms with Gasteiger partial charge in [-0.05, 0) is 19.3 Å². The van der Waals surface area contributed by atoms with Gasteiger partial charge in [-0.2, -0.15) is 0 Å². The van der Waals surface area contributed by atoms with Crippen molar-refractivity contribution in [3.05, 3.63) is 0 Å². The van der Waals surface area contributed by atoms with Crippen molar-refractivity contribution in [2.75, 3.05) is 0 Å². The van der Waals surface area contributed by atoms with Crippen LogP contribution in [0.15, 0.2) is 0 Å². The van der Waals surface area contributed by atoms with Crippen LogP contribution in [-0.4, -0.2) is 5.91 Å². The van der Waals surface area contributed by atoms with E-state index in [1.54, 1.807) is 0 Å². The minimum absolute atomic E-state index is 0.0341. The highest BCUT2D eigenvalue weighted by atomic mass is 16.1. The van der Waals surface area contributed by atoms with Crippen LogP contribution in [0.2, 0.25) is 0 Å². The summed E-state index contributed by atoms with van der Waals surface area (Å²) < 4.78 is 0. The molecule has 1 aliphatic carbocycles. The van der Waals surface area contributed by atoms with Crippen LogP contribution in [0, 0.1) is 5.41 Å². The van der Waals surface area contributed by atoms with E-state index in [1.807, 2.05) is 0 Å². The van der Waals surface area contributed by atoms with Crippen LogP contribution >= 0.6 is 0 Å². The van der Waals surface area contributed by atoms with E-state index in [-0.39, 0.29) is 11.3 Å². The van der Waals surface area contributed by atoms with Crippen molar-refractivity contribution in [3.8, 4) is 0 Å². The Morgan fingerprint density at radius 2 is 1.50 bits per heavy atom. The summed E-state index contributed by atoms with van der Waals surface area (Å²) in [4.78, 5) is 11.7. The lowest BCUT2D eigenvalue weighted by molar-refractivity contribution is -0.130. The molecule has 0 aromatic rings. The molecule has 1 saturated carbocycles. The van der Waals surface area contributed by atoms with Gasteiger partial charge in [0.1, 0.15) is 0 Å². The number of amides is 1. The van der Waals surface area contributed by atoms with Crippen LogP contribution in [0.3, 0.4) is 0 Å². The van der Waals surface area contributed by atoms with Crippen LogP contribution in [0.25, 0.3) is 0 Å². The molecule has 0 aromatic heterocycles. The van der Waals surface area contributed by atoms with Gasteiger partial charge in [-0.25, -0.2) is 0 Å². The number of rotatable bonds is 9. The number of hydrogen-bond acceptors (Lipinski definition) is 1. The van der Waals surface area contributed by atoms with Crippen molar-refractivity contribution < 1.29 is 4.79 Å². The average Bonchev–Trinajstić information content (AvgIpc) is 2.38. The lowest BCUT2D eigenvalue weighted by Crippen LogP contribution is -2.38. The molecule has 0 aliphatic heterocycles. The van der Waals surface area contributed by atoms with E-state index in [2.05, 4.69) is 6.92 Å². The summed E-state index contributed by atoms with van der Waals surface area (Å²) in [6, 6.07) is 0. The zero-order chi connectivity index (χ0) is 13.3. The van der Waals surface area contributed by atoms with E-state index >= 15 is 0 Å². The summed E-state index contributed by atoms with van der Waals surface area (Å²) in [5, 5.41) is 0. The SMILES string of the molecule is CCCCCCCCCC1(C(N)=O)CCCCC1. The molecule has 0 radical (unpaired) electrons. The first kappa shape index (κ1) is 15.5. The van der Waals surface area contributed by atoms with Crippen molar-refractivity contribution >= 4 is 5.91 Å². The Hall–Kier alpha value is -0.530. The summed E-state index contributed by atoms with van der Waals surface area (Å²) in [5.41, 5.74) is 5.51. The molecule has 1 fully saturated rings. The molecule has 2 nitrogen and oxygen atoms in total. The molecule has 2 N–H and O–H groups in total. The predicted molar refractivity (Wildman–Crippen MR) is 77.3 cm³/mol. The molecule has 0 bridgehead atoms. The van der Waals surface area contributed by atoms with Gasteiger partial charge in [0, 0.05) is 5.41 Å². The standard InChI is InChI=1S/C16H31NO/c1-2-3-4-5-6-7-9-12-16(15(17)18)13-10-8-11-14-16/h2-14H2,1H3,(H2,17,18). The molecule has 1 rings (SSSR count). The maximum absolute atomic E-state index is 11.7. The van der Waals surface area contributed by atoms with Gasteiger partial charge >= 0.3 is 0 Å². The first-order valence-electron chi connectivity index (χ1n) is 8.01. The molecule has 106 valence electrons. The van der Waals surface area contributed by atoms with Crippen LogP contribution in [0.5, 0.6) is 0 Å². The summed E-state index contributed by atoms with van der Waals surface area (Å²) in [6.45, 7) is 2.25. The second kappa shape index (κ2) is 8.55. The van der Waals surface area contributed by atoms with E-state index in [0.717, 1.165) is 19.3 Å². The smallest absolute Gasteiger partial charge is 0.223 e. The summed E-state index contributed by atoms with van der Waals surface area (Å²) in [6.07, 6.45) is 16.0. The molecule has 2 heteroatoms. The Bertz CT molecular complexity index is 231. The number of carbonyl (C=O) groups is 1. The summed E-state index contributed by atoms with van der Waals surface area (Å²) in [7, 11) is 0. The van der Waals surface area contributed by atoms with E-state index in [9.17, 15) is 4.79 Å². The van der Waals surface area contributed by atoms with Crippen molar-refractivity contribution in [2.24, 2.45) is 11.1 Å². The van der Waals surface area contributed by atoms with Gasteiger partial charge in [-0.1, -0.05) is 71.1 Å². The monoisotopic (exact) mass is 253 g/mol. The van der Waals surface area contributed by atoms with Crippen molar-refractivity contribution in [1.29, 1.82) is 0 Å². The Labute approximate surface area is 113 Å². The Morgan fingerprint density at radius 1 is 0.944 bits per heavy atom. The van der Waals surface area contributed by atoms with Crippen molar-refractivity contribution in [3.63, 3.8) is 0 Å².